The Hall–Kier alpha value is -2.30. The molecule has 0 radical (unpaired) electrons. The van der Waals surface area contributed by atoms with Crippen LogP contribution >= 0.6 is 0 Å². The van der Waals surface area contributed by atoms with Gasteiger partial charge >= 0.3 is 6.18 Å². The van der Waals surface area contributed by atoms with Crippen molar-refractivity contribution in [3.8, 4) is 0 Å². The molecule has 0 aliphatic carbocycles. The number of hydrogen-bond donors (Lipinski definition) is 0. The number of nitrogens with zero attached hydrogens (tertiary/aromatic N) is 1. The maximum absolute atomic E-state index is 12.8. The van der Waals surface area contributed by atoms with Crippen molar-refractivity contribution in [3.63, 3.8) is 0 Å². The third kappa shape index (κ3) is 2.71. The Labute approximate surface area is 126 Å². The van der Waals surface area contributed by atoms with Gasteiger partial charge < -0.3 is 4.90 Å². The van der Waals surface area contributed by atoms with Crippen LogP contribution in [0.3, 0.4) is 0 Å². The van der Waals surface area contributed by atoms with Gasteiger partial charge in [-0.05, 0) is 30.2 Å². The fraction of sp³-hybridized carbons (Fsp3) is 0.235. The summed E-state index contributed by atoms with van der Waals surface area (Å²) in [5, 5.41) is 0. The SMILES string of the molecule is O=C1C(c2ccccc2)CCN1c1cccc(C(F)(F)F)c1. The highest BCUT2D eigenvalue weighted by Crippen LogP contribution is 2.35. The minimum atomic E-state index is -4.41. The monoisotopic (exact) mass is 305 g/mol. The lowest BCUT2D eigenvalue weighted by Crippen LogP contribution is -2.26. The van der Waals surface area contributed by atoms with E-state index in [9.17, 15) is 18.0 Å². The largest absolute Gasteiger partial charge is 0.416 e. The highest BCUT2D eigenvalue weighted by molar-refractivity contribution is 6.00. The van der Waals surface area contributed by atoms with E-state index in [4.69, 9.17) is 0 Å². The van der Waals surface area contributed by atoms with E-state index in [0.29, 0.717) is 18.7 Å². The number of benzene rings is 2. The molecule has 5 heteroatoms. The van der Waals surface area contributed by atoms with Crippen LogP contribution in [0.2, 0.25) is 0 Å². The molecule has 0 N–H and O–H groups in total. The van der Waals surface area contributed by atoms with Crippen molar-refractivity contribution >= 4 is 11.6 Å². The number of carbonyl (C=O) groups is 1. The fourth-order valence-corrected chi connectivity index (χ4v) is 2.78. The number of halogens is 3. The van der Waals surface area contributed by atoms with Gasteiger partial charge in [-0.25, -0.2) is 0 Å². The lowest BCUT2D eigenvalue weighted by atomic mass is 9.98. The minimum absolute atomic E-state index is 0.148. The number of rotatable bonds is 2. The van der Waals surface area contributed by atoms with E-state index in [1.165, 1.54) is 11.0 Å². The number of hydrogen-bond acceptors (Lipinski definition) is 1. The topological polar surface area (TPSA) is 20.3 Å². The first kappa shape index (κ1) is 14.6. The third-order valence-electron chi connectivity index (χ3n) is 3.89. The average Bonchev–Trinajstić information content (AvgIpc) is 2.89. The Kier molecular flexibility index (Phi) is 3.64. The number of amides is 1. The molecule has 2 aromatic rings. The lowest BCUT2D eigenvalue weighted by molar-refractivity contribution is -0.137. The van der Waals surface area contributed by atoms with E-state index < -0.39 is 11.7 Å². The predicted octanol–water partition coefficient (Wildman–Crippen LogP) is 4.23. The first-order chi connectivity index (χ1) is 10.5. The van der Waals surface area contributed by atoms with Crippen LogP contribution in [0.15, 0.2) is 54.6 Å². The van der Waals surface area contributed by atoms with Crippen molar-refractivity contribution in [1.82, 2.24) is 0 Å². The first-order valence-electron chi connectivity index (χ1n) is 7.00. The van der Waals surface area contributed by atoms with E-state index in [2.05, 4.69) is 0 Å². The molecule has 3 rings (SSSR count). The van der Waals surface area contributed by atoms with Crippen LogP contribution in [-0.4, -0.2) is 12.5 Å². The van der Waals surface area contributed by atoms with E-state index in [0.717, 1.165) is 17.7 Å². The molecule has 0 spiro atoms. The van der Waals surface area contributed by atoms with Crippen LogP contribution in [0.5, 0.6) is 0 Å². The van der Waals surface area contributed by atoms with Gasteiger partial charge in [0.2, 0.25) is 5.91 Å². The molecule has 1 saturated heterocycles. The van der Waals surface area contributed by atoms with Crippen molar-refractivity contribution < 1.29 is 18.0 Å². The van der Waals surface area contributed by atoms with Crippen molar-refractivity contribution in [2.24, 2.45) is 0 Å². The summed E-state index contributed by atoms with van der Waals surface area (Å²) in [6.07, 6.45) is -3.79. The minimum Gasteiger partial charge on any atom is -0.312 e. The van der Waals surface area contributed by atoms with Gasteiger partial charge in [-0.3, -0.25) is 4.79 Å². The predicted molar refractivity (Wildman–Crippen MR) is 77.6 cm³/mol. The molecule has 1 aliphatic heterocycles. The van der Waals surface area contributed by atoms with Gasteiger partial charge in [-0.2, -0.15) is 13.2 Å². The molecule has 0 aromatic heterocycles. The molecule has 1 unspecified atom stereocenters. The Morgan fingerprint density at radius 2 is 1.73 bits per heavy atom. The van der Waals surface area contributed by atoms with Crippen LogP contribution in [0.4, 0.5) is 18.9 Å². The van der Waals surface area contributed by atoms with Crippen molar-refractivity contribution in [2.45, 2.75) is 18.5 Å². The van der Waals surface area contributed by atoms with Gasteiger partial charge in [0.15, 0.2) is 0 Å². The van der Waals surface area contributed by atoms with Gasteiger partial charge in [-0.1, -0.05) is 36.4 Å². The number of anilines is 1. The first-order valence-corrected chi connectivity index (χ1v) is 7.00. The van der Waals surface area contributed by atoms with E-state index in [-0.39, 0.29) is 11.8 Å². The summed E-state index contributed by atoms with van der Waals surface area (Å²) in [6, 6.07) is 14.3. The third-order valence-corrected chi connectivity index (χ3v) is 3.89. The van der Waals surface area contributed by atoms with Gasteiger partial charge in [0.25, 0.3) is 0 Å². The van der Waals surface area contributed by atoms with Crippen LogP contribution in [0.25, 0.3) is 0 Å². The summed E-state index contributed by atoms with van der Waals surface area (Å²) < 4.78 is 38.4. The maximum Gasteiger partial charge on any atom is 0.416 e. The molecule has 0 bridgehead atoms. The molecule has 1 amide bonds. The normalized spacial score (nSPS) is 18.8. The maximum atomic E-state index is 12.8. The van der Waals surface area contributed by atoms with E-state index >= 15 is 0 Å². The molecule has 114 valence electrons. The standard InChI is InChI=1S/C17H14F3NO/c18-17(19,20)13-7-4-8-14(11-13)21-10-9-15(16(21)22)12-5-2-1-3-6-12/h1-8,11,15H,9-10H2. The van der Waals surface area contributed by atoms with Gasteiger partial charge in [0, 0.05) is 12.2 Å². The van der Waals surface area contributed by atoms with Crippen molar-refractivity contribution in [1.29, 1.82) is 0 Å². The lowest BCUT2D eigenvalue weighted by Gasteiger charge is -2.18. The number of alkyl halides is 3. The molecular formula is C17H14F3NO. The second kappa shape index (κ2) is 5.48. The highest BCUT2D eigenvalue weighted by Gasteiger charge is 2.35. The Morgan fingerprint density at radius 1 is 1.00 bits per heavy atom. The zero-order valence-electron chi connectivity index (χ0n) is 11.7. The number of carbonyl (C=O) groups excluding carboxylic acids is 1. The Morgan fingerprint density at radius 3 is 2.41 bits per heavy atom. The molecule has 2 nitrogen and oxygen atoms in total. The molecule has 1 fully saturated rings. The summed E-state index contributed by atoms with van der Waals surface area (Å²) in [6.45, 7) is 0.430. The fourth-order valence-electron chi connectivity index (χ4n) is 2.78. The Bertz CT molecular complexity index is 682. The zero-order chi connectivity index (χ0) is 15.7. The molecule has 1 atom stereocenters. The second-order valence-electron chi connectivity index (χ2n) is 5.29. The summed E-state index contributed by atoms with van der Waals surface area (Å²) in [4.78, 5) is 13.9. The molecule has 0 saturated carbocycles. The quantitative estimate of drug-likeness (QED) is 0.813. The summed E-state index contributed by atoms with van der Waals surface area (Å²) in [5.41, 5.74) is 0.473. The summed E-state index contributed by atoms with van der Waals surface area (Å²) >= 11 is 0. The molecule has 1 aliphatic rings. The van der Waals surface area contributed by atoms with Gasteiger partial charge in [-0.15, -0.1) is 0 Å². The van der Waals surface area contributed by atoms with E-state index in [1.54, 1.807) is 6.07 Å². The Balaban J connectivity index is 1.87. The van der Waals surface area contributed by atoms with Crippen molar-refractivity contribution in [2.75, 3.05) is 11.4 Å². The smallest absolute Gasteiger partial charge is 0.312 e. The van der Waals surface area contributed by atoms with Gasteiger partial charge in [0.05, 0.1) is 11.5 Å². The highest BCUT2D eigenvalue weighted by atomic mass is 19.4. The van der Waals surface area contributed by atoms with Crippen LogP contribution in [0, 0.1) is 0 Å². The van der Waals surface area contributed by atoms with Crippen molar-refractivity contribution in [3.05, 3.63) is 65.7 Å². The summed E-state index contributed by atoms with van der Waals surface area (Å²) in [7, 11) is 0. The zero-order valence-corrected chi connectivity index (χ0v) is 11.7. The van der Waals surface area contributed by atoms with Crippen LogP contribution in [-0.2, 0) is 11.0 Å². The van der Waals surface area contributed by atoms with Crippen LogP contribution in [0.1, 0.15) is 23.5 Å². The van der Waals surface area contributed by atoms with Gasteiger partial charge in [0.1, 0.15) is 0 Å². The molecular weight excluding hydrogens is 291 g/mol. The molecule has 2 aromatic carbocycles. The van der Waals surface area contributed by atoms with Crippen LogP contribution < -0.4 is 4.90 Å². The second-order valence-corrected chi connectivity index (χ2v) is 5.29. The molecule has 1 heterocycles. The van der Waals surface area contributed by atoms with E-state index in [1.807, 2.05) is 30.3 Å². The average molecular weight is 305 g/mol. The summed E-state index contributed by atoms with van der Waals surface area (Å²) in [5.74, 6) is -0.429. The molecule has 22 heavy (non-hydrogen) atoms.